The zero-order valence-electron chi connectivity index (χ0n) is 20.6. The summed E-state index contributed by atoms with van der Waals surface area (Å²) >= 11 is 0. The Bertz CT molecular complexity index is 1070. The molecular weight excluding hydrogens is 460 g/mol. The number of rotatable bonds is 11. The van der Waals surface area contributed by atoms with Gasteiger partial charge in [0.15, 0.2) is 6.29 Å². The van der Waals surface area contributed by atoms with Crippen molar-refractivity contribution >= 4 is 0 Å². The van der Waals surface area contributed by atoms with Gasteiger partial charge in [-0.1, -0.05) is 54.6 Å². The third-order valence-corrected chi connectivity index (χ3v) is 6.50. The summed E-state index contributed by atoms with van der Waals surface area (Å²) in [5.41, 5.74) is 3.14. The predicted octanol–water partition coefficient (Wildman–Crippen LogP) is 4.51. The SMILES string of the molecule is COc1ccc(CO[C@@H]2O[C@@H]3CO[C@@H]([C@H]3OCc3ccccc3)[C@H]2OCc2ccc(OC)cc2)cc1. The van der Waals surface area contributed by atoms with Crippen molar-refractivity contribution in [3.05, 3.63) is 95.6 Å². The second-order valence-electron chi connectivity index (χ2n) is 8.88. The Hall–Kier alpha value is -2.94. The fourth-order valence-electron chi connectivity index (χ4n) is 4.50. The summed E-state index contributed by atoms with van der Waals surface area (Å²) < 4.78 is 41.9. The zero-order chi connectivity index (χ0) is 24.7. The Labute approximate surface area is 211 Å². The molecule has 2 bridgehead atoms. The van der Waals surface area contributed by atoms with Crippen LogP contribution in [-0.2, 0) is 43.5 Å². The van der Waals surface area contributed by atoms with Gasteiger partial charge in [-0.3, -0.25) is 0 Å². The molecule has 190 valence electrons. The standard InChI is InChI=1S/C29H32O7/c1-30-23-12-8-21(9-13-23)17-33-28-27-26(32-16-20-6-4-3-5-7-20)25(19-34-27)36-29(28)35-18-22-10-14-24(31-2)15-11-22/h3-15,25-29H,16-19H2,1-2H3/t25-,26+,27+,28-,29-/m1/s1. The fraction of sp³-hybridized carbons (Fsp3) is 0.379. The van der Waals surface area contributed by atoms with Gasteiger partial charge in [0, 0.05) is 0 Å². The number of methoxy groups -OCH3 is 2. The van der Waals surface area contributed by atoms with Crippen molar-refractivity contribution in [1.29, 1.82) is 0 Å². The van der Waals surface area contributed by atoms with Crippen LogP contribution in [0.4, 0.5) is 0 Å². The molecular formula is C29H32O7. The third-order valence-electron chi connectivity index (χ3n) is 6.50. The van der Waals surface area contributed by atoms with E-state index >= 15 is 0 Å². The normalized spacial score (nSPS) is 25.0. The molecule has 3 aromatic carbocycles. The van der Waals surface area contributed by atoms with E-state index in [1.54, 1.807) is 14.2 Å². The van der Waals surface area contributed by atoms with Crippen molar-refractivity contribution in [2.24, 2.45) is 0 Å². The number of ether oxygens (including phenoxy) is 7. The smallest absolute Gasteiger partial charge is 0.187 e. The highest BCUT2D eigenvalue weighted by atomic mass is 16.7. The van der Waals surface area contributed by atoms with Crippen molar-refractivity contribution in [1.82, 2.24) is 0 Å². The second kappa shape index (κ2) is 11.9. The first kappa shape index (κ1) is 24.7. The van der Waals surface area contributed by atoms with Gasteiger partial charge >= 0.3 is 0 Å². The van der Waals surface area contributed by atoms with E-state index in [2.05, 4.69) is 0 Å². The Kier molecular flexibility index (Phi) is 8.15. The zero-order valence-corrected chi connectivity index (χ0v) is 20.6. The maximum Gasteiger partial charge on any atom is 0.187 e. The van der Waals surface area contributed by atoms with Crippen LogP contribution in [-0.4, -0.2) is 51.5 Å². The number of benzene rings is 3. The molecule has 36 heavy (non-hydrogen) atoms. The largest absolute Gasteiger partial charge is 0.497 e. The van der Waals surface area contributed by atoms with Crippen LogP contribution in [0.3, 0.4) is 0 Å². The third kappa shape index (κ3) is 5.88. The lowest BCUT2D eigenvalue weighted by Gasteiger charge is -2.39. The quantitative estimate of drug-likeness (QED) is 0.390. The van der Waals surface area contributed by atoms with Crippen LogP contribution in [0, 0.1) is 0 Å². The molecule has 3 aromatic rings. The molecule has 2 aliphatic rings. The minimum absolute atomic E-state index is 0.222. The predicted molar refractivity (Wildman–Crippen MR) is 133 cm³/mol. The minimum atomic E-state index is -0.584. The van der Waals surface area contributed by atoms with E-state index in [9.17, 15) is 0 Å². The van der Waals surface area contributed by atoms with E-state index < -0.39 is 12.4 Å². The first-order valence-corrected chi connectivity index (χ1v) is 12.1. The maximum absolute atomic E-state index is 6.38. The van der Waals surface area contributed by atoms with Gasteiger partial charge in [0.05, 0.1) is 40.6 Å². The molecule has 7 heteroatoms. The molecule has 7 nitrogen and oxygen atoms in total. The van der Waals surface area contributed by atoms with Gasteiger partial charge in [-0.2, -0.15) is 0 Å². The summed E-state index contributed by atoms with van der Waals surface area (Å²) in [5.74, 6) is 1.61. The first-order valence-electron chi connectivity index (χ1n) is 12.1. The van der Waals surface area contributed by atoms with Crippen molar-refractivity contribution in [3.63, 3.8) is 0 Å². The van der Waals surface area contributed by atoms with E-state index in [1.165, 1.54) is 0 Å². The average Bonchev–Trinajstić information content (AvgIpc) is 3.24. The first-order chi connectivity index (χ1) is 17.7. The van der Waals surface area contributed by atoms with Crippen LogP contribution < -0.4 is 9.47 Å². The van der Waals surface area contributed by atoms with Gasteiger partial charge in [-0.05, 0) is 41.0 Å². The molecule has 5 rings (SSSR count). The van der Waals surface area contributed by atoms with Crippen LogP contribution in [0.2, 0.25) is 0 Å². The lowest BCUT2D eigenvalue weighted by molar-refractivity contribution is -0.285. The monoisotopic (exact) mass is 492 g/mol. The van der Waals surface area contributed by atoms with Crippen LogP contribution in [0.5, 0.6) is 11.5 Å². The summed E-state index contributed by atoms with van der Waals surface area (Å²) in [6.07, 6.45) is -1.80. The molecule has 2 aliphatic heterocycles. The molecule has 0 spiro atoms. The summed E-state index contributed by atoms with van der Waals surface area (Å²) in [6, 6.07) is 25.7. The molecule has 2 fully saturated rings. The van der Waals surface area contributed by atoms with Crippen molar-refractivity contribution in [2.45, 2.75) is 50.5 Å². The lowest BCUT2D eigenvalue weighted by atomic mass is 10.0. The Balaban J connectivity index is 1.28. The minimum Gasteiger partial charge on any atom is -0.497 e. The Morgan fingerprint density at radius 1 is 0.639 bits per heavy atom. The van der Waals surface area contributed by atoms with Gasteiger partial charge in [-0.25, -0.2) is 0 Å². The van der Waals surface area contributed by atoms with E-state index in [0.717, 1.165) is 28.2 Å². The Morgan fingerprint density at radius 3 is 1.75 bits per heavy atom. The second-order valence-corrected chi connectivity index (χ2v) is 8.88. The van der Waals surface area contributed by atoms with Gasteiger partial charge in [0.25, 0.3) is 0 Å². The van der Waals surface area contributed by atoms with E-state index in [1.807, 2.05) is 78.9 Å². The van der Waals surface area contributed by atoms with Gasteiger partial charge < -0.3 is 33.2 Å². The molecule has 0 radical (unpaired) electrons. The topological polar surface area (TPSA) is 64.6 Å². The number of fused-ring (bicyclic) bond motifs is 2. The average molecular weight is 493 g/mol. The highest BCUT2D eigenvalue weighted by molar-refractivity contribution is 5.27. The summed E-state index contributed by atoms with van der Waals surface area (Å²) in [4.78, 5) is 0. The summed E-state index contributed by atoms with van der Waals surface area (Å²) in [6.45, 7) is 1.69. The van der Waals surface area contributed by atoms with Crippen molar-refractivity contribution in [2.75, 3.05) is 20.8 Å². The van der Waals surface area contributed by atoms with Gasteiger partial charge in [0.2, 0.25) is 0 Å². The van der Waals surface area contributed by atoms with Crippen LogP contribution in [0.15, 0.2) is 78.9 Å². The van der Waals surface area contributed by atoms with Crippen molar-refractivity contribution in [3.8, 4) is 11.5 Å². The highest BCUT2D eigenvalue weighted by Crippen LogP contribution is 2.35. The van der Waals surface area contributed by atoms with E-state index in [-0.39, 0.29) is 18.3 Å². The molecule has 5 atom stereocenters. The highest BCUT2D eigenvalue weighted by Gasteiger charge is 2.53. The molecule has 0 amide bonds. The molecule has 0 saturated carbocycles. The van der Waals surface area contributed by atoms with Crippen molar-refractivity contribution < 1.29 is 33.2 Å². The number of hydrogen-bond donors (Lipinski definition) is 0. The fourth-order valence-corrected chi connectivity index (χ4v) is 4.50. The molecule has 2 saturated heterocycles. The van der Waals surface area contributed by atoms with E-state index in [0.29, 0.717) is 26.4 Å². The van der Waals surface area contributed by atoms with Gasteiger partial charge in [-0.15, -0.1) is 0 Å². The van der Waals surface area contributed by atoms with Crippen LogP contribution >= 0.6 is 0 Å². The van der Waals surface area contributed by atoms with Crippen LogP contribution in [0.25, 0.3) is 0 Å². The Morgan fingerprint density at radius 2 is 1.17 bits per heavy atom. The molecule has 0 aliphatic carbocycles. The molecule has 0 unspecified atom stereocenters. The van der Waals surface area contributed by atoms with Crippen LogP contribution in [0.1, 0.15) is 16.7 Å². The molecule has 2 heterocycles. The number of hydrogen-bond acceptors (Lipinski definition) is 7. The summed E-state index contributed by atoms with van der Waals surface area (Å²) in [7, 11) is 3.30. The van der Waals surface area contributed by atoms with Gasteiger partial charge in [0.1, 0.15) is 35.9 Å². The molecule has 0 N–H and O–H groups in total. The van der Waals surface area contributed by atoms with E-state index in [4.69, 9.17) is 33.2 Å². The lowest BCUT2D eigenvalue weighted by Crippen LogP contribution is -2.55. The maximum atomic E-state index is 6.38. The summed E-state index contributed by atoms with van der Waals surface area (Å²) in [5, 5.41) is 0. The molecule has 0 aromatic heterocycles.